The van der Waals surface area contributed by atoms with Crippen LogP contribution in [-0.2, 0) is 0 Å². The number of nitrogens with zero attached hydrogens (tertiary/aromatic N) is 2. The van der Waals surface area contributed by atoms with Gasteiger partial charge in [0.15, 0.2) is 0 Å². The highest BCUT2D eigenvalue weighted by atomic mass is 79.9. The predicted octanol–water partition coefficient (Wildman–Crippen LogP) is 2.50. The van der Waals surface area contributed by atoms with Gasteiger partial charge in [0.05, 0.1) is 11.5 Å². The SMILES string of the molecule is O=C([O-])c1cccc(Nc2ncnc3ccc(Br)cc23)c1. The molecule has 3 aromatic rings. The fraction of sp³-hybridized carbons (Fsp3) is 0. The molecule has 1 heterocycles. The number of carboxylic acids is 1. The van der Waals surface area contributed by atoms with Crippen molar-refractivity contribution in [3.8, 4) is 0 Å². The van der Waals surface area contributed by atoms with Gasteiger partial charge in [0, 0.05) is 15.5 Å². The van der Waals surface area contributed by atoms with Crippen LogP contribution in [0.1, 0.15) is 10.4 Å². The Morgan fingerprint density at radius 2 is 2.00 bits per heavy atom. The lowest BCUT2D eigenvalue weighted by Crippen LogP contribution is -2.22. The second-order valence-corrected chi connectivity index (χ2v) is 5.29. The Labute approximate surface area is 128 Å². The molecule has 0 aliphatic carbocycles. The van der Waals surface area contributed by atoms with E-state index in [1.165, 1.54) is 18.5 Å². The minimum absolute atomic E-state index is 0.111. The minimum Gasteiger partial charge on any atom is -0.545 e. The molecule has 0 amide bonds. The van der Waals surface area contributed by atoms with Gasteiger partial charge in [-0.2, -0.15) is 0 Å². The van der Waals surface area contributed by atoms with Crippen molar-refractivity contribution in [1.82, 2.24) is 9.97 Å². The molecule has 0 aliphatic heterocycles. The van der Waals surface area contributed by atoms with Gasteiger partial charge >= 0.3 is 0 Å². The van der Waals surface area contributed by atoms with E-state index in [0.717, 1.165) is 15.4 Å². The highest BCUT2D eigenvalue weighted by molar-refractivity contribution is 9.10. The van der Waals surface area contributed by atoms with E-state index >= 15 is 0 Å². The quantitative estimate of drug-likeness (QED) is 0.791. The first kappa shape index (κ1) is 13.5. The molecule has 104 valence electrons. The monoisotopic (exact) mass is 342 g/mol. The molecular weight excluding hydrogens is 334 g/mol. The van der Waals surface area contributed by atoms with Crippen molar-refractivity contribution in [3.63, 3.8) is 0 Å². The van der Waals surface area contributed by atoms with Crippen LogP contribution in [-0.4, -0.2) is 15.9 Å². The van der Waals surface area contributed by atoms with Gasteiger partial charge in [-0.25, -0.2) is 9.97 Å². The number of benzene rings is 2. The standard InChI is InChI=1S/C15H10BrN3O2/c16-10-4-5-13-12(7-10)14(18-8-17-13)19-11-3-1-2-9(6-11)15(20)21/h1-8H,(H,20,21)(H,17,18,19)/p-1. The van der Waals surface area contributed by atoms with E-state index in [4.69, 9.17) is 0 Å². The van der Waals surface area contributed by atoms with Crippen LogP contribution in [0.3, 0.4) is 0 Å². The third-order valence-electron chi connectivity index (χ3n) is 2.96. The van der Waals surface area contributed by atoms with E-state index in [0.29, 0.717) is 11.5 Å². The molecule has 0 saturated carbocycles. The van der Waals surface area contributed by atoms with Crippen LogP contribution >= 0.6 is 15.9 Å². The van der Waals surface area contributed by atoms with Crippen LogP contribution in [0.15, 0.2) is 53.3 Å². The lowest BCUT2D eigenvalue weighted by atomic mass is 10.2. The molecule has 3 rings (SSSR count). The number of carbonyl (C=O) groups is 1. The normalized spacial score (nSPS) is 10.5. The summed E-state index contributed by atoms with van der Waals surface area (Å²) in [5.74, 6) is -0.606. The van der Waals surface area contributed by atoms with Gasteiger partial charge in [-0.1, -0.05) is 28.1 Å². The number of nitrogens with one attached hydrogen (secondary N) is 1. The van der Waals surface area contributed by atoms with Crippen molar-refractivity contribution in [2.75, 3.05) is 5.32 Å². The van der Waals surface area contributed by atoms with E-state index in [2.05, 4.69) is 31.2 Å². The van der Waals surface area contributed by atoms with Crippen molar-refractivity contribution >= 4 is 44.3 Å². The summed E-state index contributed by atoms with van der Waals surface area (Å²) < 4.78 is 0.913. The number of carbonyl (C=O) groups excluding carboxylic acids is 1. The molecule has 0 radical (unpaired) electrons. The van der Waals surface area contributed by atoms with Gasteiger partial charge in [0.2, 0.25) is 0 Å². The van der Waals surface area contributed by atoms with Crippen LogP contribution in [0.25, 0.3) is 10.9 Å². The highest BCUT2D eigenvalue weighted by Crippen LogP contribution is 2.26. The van der Waals surface area contributed by atoms with Crippen molar-refractivity contribution in [2.45, 2.75) is 0 Å². The number of anilines is 2. The lowest BCUT2D eigenvalue weighted by Gasteiger charge is -2.10. The van der Waals surface area contributed by atoms with Crippen LogP contribution < -0.4 is 10.4 Å². The van der Waals surface area contributed by atoms with E-state index in [1.54, 1.807) is 12.1 Å². The predicted molar refractivity (Wildman–Crippen MR) is 81.3 cm³/mol. The first-order chi connectivity index (χ1) is 10.1. The fourth-order valence-electron chi connectivity index (χ4n) is 1.99. The zero-order valence-corrected chi connectivity index (χ0v) is 12.3. The Hall–Kier alpha value is -2.47. The Bertz CT molecular complexity index is 836. The van der Waals surface area contributed by atoms with E-state index in [1.807, 2.05) is 18.2 Å². The zero-order valence-electron chi connectivity index (χ0n) is 10.7. The van der Waals surface area contributed by atoms with Crippen LogP contribution in [0, 0.1) is 0 Å². The van der Waals surface area contributed by atoms with Crippen molar-refractivity contribution in [1.29, 1.82) is 0 Å². The number of aromatic carboxylic acids is 1. The smallest absolute Gasteiger partial charge is 0.141 e. The molecule has 0 bridgehead atoms. The fourth-order valence-corrected chi connectivity index (χ4v) is 2.35. The molecule has 0 spiro atoms. The molecule has 0 unspecified atom stereocenters. The number of aromatic nitrogens is 2. The highest BCUT2D eigenvalue weighted by Gasteiger charge is 2.05. The Balaban J connectivity index is 2.04. The summed E-state index contributed by atoms with van der Waals surface area (Å²) in [5.41, 5.74) is 1.53. The number of carboxylic acid groups (broad SMARTS) is 1. The molecule has 0 saturated heterocycles. The number of hydrogen-bond acceptors (Lipinski definition) is 5. The number of fused-ring (bicyclic) bond motifs is 1. The molecule has 0 fully saturated rings. The van der Waals surface area contributed by atoms with Gasteiger partial charge in [-0.3, -0.25) is 0 Å². The maximum atomic E-state index is 10.9. The molecule has 1 aromatic heterocycles. The molecule has 6 heteroatoms. The Morgan fingerprint density at radius 3 is 2.81 bits per heavy atom. The van der Waals surface area contributed by atoms with Gasteiger partial charge in [0.25, 0.3) is 0 Å². The van der Waals surface area contributed by atoms with Crippen LogP contribution in [0.2, 0.25) is 0 Å². The van der Waals surface area contributed by atoms with Gasteiger partial charge in [-0.05, 0) is 35.9 Å². The Kier molecular flexibility index (Phi) is 3.53. The summed E-state index contributed by atoms with van der Waals surface area (Å²) >= 11 is 3.41. The summed E-state index contributed by atoms with van der Waals surface area (Å²) in [5, 5.41) is 14.8. The lowest BCUT2D eigenvalue weighted by molar-refractivity contribution is -0.255. The molecule has 2 aromatic carbocycles. The van der Waals surface area contributed by atoms with Crippen molar-refractivity contribution in [2.24, 2.45) is 0 Å². The third kappa shape index (κ3) is 2.85. The Morgan fingerprint density at radius 1 is 1.14 bits per heavy atom. The number of rotatable bonds is 3. The molecule has 5 nitrogen and oxygen atoms in total. The first-order valence-corrected chi connectivity index (χ1v) is 6.91. The van der Waals surface area contributed by atoms with E-state index < -0.39 is 5.97 Å². The summed E-state index contributed by atoms with van der Waals surface area (Å²) in [6, 6.07) is 12.1. The van der Waals surface area contributed by atoms with E-state index in [-0.39, 0.29) is 5.56 Å². The molecule has 0 aliphatic rings. The van der Waals surface area contributed by atoms with Crippen molar-refractivity contribution < 1.29 is 9.90 Å². The maximum Gasteiger partial charge on any atom is 0.141 e. The van der Waals surface area contributed by atoms with Crippen LogP contribution in [0.5, 0.6) is 0 Å². The average molecular weight is 343 g/mol. The third-order valence-corrected chi connectivity index (χ3v) is 3.45. The number of halogens is 1. The van der Waals surface area contributed by atoms with Gasteiger partial charge in [0.1, 0.15) is 12.1 Å². The molecule has 1 N–H and O–H groups in total. The summed E-state index contributed by atoms with van der Waals surface area (Å²) in [6.07, 6.45) is 1.46. The second kappa shape index (κ2) is 5.49. The summed E-state index contributed by atoms with van der Waals surface area (Å²) in [4.78, 5) is 19.3. The molecule has 21 heavy (non-hydrogen) atoms. The van der Waals surface area contributed by atoms with E-state index in [9.17, 15) is 9.90 Å². The second-order valence-electron chi connectivity index (χ2n) is 4.38. The maximum absolute atomic E-state index is 10.9. The van der Waals surface area contributed by atoms with Crippen LogP contribution in [0.4, 0.5) is 11.5 Å². The summed E-state index contributed by atoms with van der Waals surface area (Å²) in [6.45, 7) is 0. The van der Waals surface area contributed by atoms with Gasteiger partial charge < -0.3 is 15.2 Å². The first-order valence-electron chi connectivity index (χ1n) is 6.12. The van der Waals surface area contributed by atoms with Crippen molar-refractivity contribution in [3.05, 3.63) is 58.8 Å². The summed E-state index contributed by atoms with van der Waals surface area (Å²) in [7, 11) is 0. The molecule has 0 atom stereocenters. The largest absolute Gasteiger partial charge is 0.545 e. The average Bonchev–Trinajstić information content (AvgIpc) is 2.48. The number of hydrogen-bond donors (Lipinski definition) is 1. The minimum atomic E-state index is -1.21. The molecular formula is C15H9BrN3O2-. The topological polar surface area (TPSA) is 77.9 Å². The zero-order chi connectivity index (χ0) is 14.8. The van der Waals surface area contributed by atoms with Gasteiger partial charge in [-0.15, -0.1) is 0 Å².